The van der Waals surface area contributed by atoms with Crippen LogP contribution in [0.5, 0.6) is 0 Å². The van der Waals surface area contributed by atoms with Gasteiger partial charge in [0.05, 0.1) is 15.9 Å². The largest absolute Gasteiger partial charge is 0.314 e. The van der Waals surface area contributed by atoms with Gasteiger partial charge in [0.15, 0.2) is 0 Å². The fraction of sp³-hybridized carbons (Fsp3) is 0.182. The summed E-state index contributed by atoms with van der Waals surface area (Å²) in [6, 6.07) is 7.57. The monoisotopic (exact) mass is 299 g/mol. The van der Waals surface area contributed by atoms with E-state index < -0.39 is 0 Å². The van der Waals surface area contributed by atoms with Crippen LogP contribution < -0.4 is 5.32 Å². The van der Waals surface area contributed by atoms with E-state index in [0.717, 1.165) is 27.4 Å². The van der Waals surface area contributed by atoms with Crippen LogP contribution in [-0.2, 0) is 6.54 Å². The van der Waals surface area contributed by atoms with Gasteiger partial charge in [-0.2, -0.15) is 5.10 Å². The lowest BCUT2D eigenvalue weighted by Gasteiger charge is -2.00. The van der Waals surface area contributed by atoms with Gasteiger partial charge in [0.1, 0.15) is 0 Å². The Hall–Kier alpha value is -0.840. The maximum atomic E-state index is 5.84. The standard InChI is InChI=1S/C11H11BrClN3/c1-14-6-11-10(12)7-16(15-11)9-4-2-8(13)3-5-9/h2-5,7,14H,6H2,1H3. The van der Waals surface area contributed by atoms with Gasteiger partial charge in [-0.25, -0.2) is 4.68 Å². The molecule has 0 aliphatic heterocycles. The van der Waals surface area contributed by atoms with E-state index >= 15 is 0 Å². The third-order valence-corrected chi connectivity index (χ3v) is 3.09. The minimum Gasteiger partial charge on any atom is -0.314 e. The van der Waals surface area contributed by atoms with Crippen LogP contribution in [0.15, 0.2) is 34.9 Å². The topological polar surface area (TPSA) is 29.9 Å². The molecular weight excluding hydrogens is 289 g/mol. The highest BCUT2D eigenvalue weighted by atomic mass is 79.9. The molecule has 3 nitrogen and oxygen atoms in total. The van der Waals surface area contributed by atoms with Gasteiger partial charge in [0.25, 0.3) is 0 Å². The Morgan fingerprint density at radius 3 is 2.69 bits per heavy atom. The van der Waals surface area contributed by atoms with E-state index in [1.165, 1.54) is 0 Å². The highest BCUT2D eigenvalue weighted by Gasteiger charge is 2.06. The molecule has 0 amide bonds. The number of benzene rings is 1. The highest BCUT2D eigenvalue weighted by Crippen LogP contribution is 2.19. The van der Waals surface area contributed by atoms with Crippen molar-refractivity contribution in [1.82, 2.24) is 15.1 Å². The van der Waals surface area contributed by atoms with Crippen LogP contribution in [-0.4, -0.2) is 16.8 Å². The molecule has 0 atom stereocenters. The van der Waals surface area contributed by atoms with Gasteiger partial charge in [-0.1, -0.05) is 11.6 Å². The van der Waals surface area contributed by atoms with Gasteiger partial charge < -0.3 is 5.32 Å². The lowest BCUT2D eigenvalue weighted by atomic mass is 10.3. The van der Waals surface area contributed by atoms with Crippen molar-refractivity contribution in [1.29, 1.82) is 0 Å². The Labute approximate surface area is 108 Å². The van der Waals surface area contributed by atoms with Gasteiger partial charge in [-0.15, -0.1) is 0 Å². The van der Waals surface area contributed by atoms with E-state index in [4.69, 9.17) is 11.6 Å². The summed E-state index contributed by atoms with van der Waals surface area (Å²) in [5, 5.41) is 8.26. The minimum atomic E-state index is 0.727. The van der Waals surface area contributed by atoms with Crippen LogP contribution in [0.2, 0.25) is 5.02 Å². The van der Waals surface area contributed by atoms with Crippen molar-refractivity contribution in [3.05, 3.63) is 45.7 Å². The fourth-order valence-corrected chi connectivity index (χ4v) is 1.94. The van der Waals surface area contributed by atoms with Crippen molar-refractivity contribution in [3.8, 4) is 5.69 Å². The van der Waals surface area contributed by atoms with Gasteiger partial charge >= 0.3 is 0 Å². The van der Waals surface area contributed by atoms with Gasteiger partial charge in [-0.05, 0) is 47.2 Å². The zero-order valence-corrected chi connectivity index (χ0v) is 11.1. The SMILES string of the molecule is CNCc1nn(-c2ccc(Cl)cc2)cc1Br. The molecule has 1 N–H and O–H groups in total. The maximum Gasteiger partial charge on any atom is 0.0908 e. The summed E-state index contributed by atoms with van der Waals surface area (Å²) in [4.78, 5) is 0. The Morgan fingerprint density at radius 1 is 1.38 bits per heavy atom. The molecule has 16 heavy (non-hydrogen) atoms. The zero-order valence-electron chi connectivity index (χ0n) is 8.74. The molecule has 0 spiro atoms. The number of halogens is 2. The van der Waals surface area contributed by atoms with Crippen molar-refractivity contribution < 1.29 is 0 Å². The predicted molar refractivity (Wildman–Crippen MR) is 69.0 cm³/mol. The summed E-state index contributed by atoms with van der Waals surface area (Å²) in [5.41, 5.74) is 1.98. The second kappa shape index (κ2) is 4.99. The smallest absolute Gasteiger partial charge is 0.0908 e. The molecule has 0 aliphatic rings. The molecule has 0 aliphatic carbocycles. The van der Waals surface area contributed by atoms with E-state index in [1.54, 1.807) is 0 Å². The van der Waals surface area contributed by atoms with E-state index in [9.17, 15) is 0 Å². The van der Waals surface area contributed by atoms with E-state index in [0.29, 0.717) is 0 Å². The van der Waals surface area contributed by atoms with E-state index in [2.05, 4.69) is 26.3 Å². The lowest BCUT2D eigenvalue weighted by molar-refractivity contribution is 0.755. The summed E-state index contributed by atoms with van der Waals surface area (Å²) >= 11 is 9.32. The molecule has 0 saturated heterocycles. The van der Waals surface area contributed by atoms with Crippen LogP contribution in [0.3, 0.4) is 0 Å². The number of hydrogen-bond acceptors (Lipinski definition) is 2. The van der Waals surface area contributed by atoms with Crippen molar-refractivity contribution in [2.45, 2.75) is 6.54 Å². The van der Waals surface area contributed by atoms with Crippen LogP contribution >= 0.6 is 27.5 Å². The normalized spacial score (nSPS) is 10.7. The number of aromatic nitrogens is 2. The number of rotatable bonds is 3. The van der Waals surface area contributed by atoms with Crippen molar-refractivity contribution in [3.63, 3.8) is 0 Å². The summed E-state index contributed by atoms with van der Waals surface area (Å²) in [7, 11) is 1.90. The zero-order chi connectivity index (χ0) is 11.5. The second-order valence-corrected chi connectivity index (χ2v) is 4.67. The number of hydrogen-bond donors (Lipinski definition) is 1. The Kier molecular flexibility index (Phi) is 3.63. The quantitative estimate of drug-likeness (QED) is 0.944. The Morgan fingerprint density at radius 2 is 2.06 bits per heavy atom. The number of nitrogens with zero attached hydrogens (tertiary/aromatic N) is 2. The average molecular weight is 301 g/mol. The summed E-state index contributed by atoms with van der Waals surface area (Å²) in [6.07, 6.45) is 1.94. The van der Waals surface area contributed by atoms with Gasteiger partial charge in [0.2, 0.25) is 0 Å². The predicted octanol–water partition coefficient (Wildman–Crippen LogP) is 3.01. The Balaban J connectivity index is 2.33. The minimum absolute atomic E-state index is 0.727. The first-order valence-electron chi connectivity index (χ1n) is 4.85. The third kappa shape index (κ3) is 2.45. The third-order valence-electron chi connectivity index (χ3n) is 2.18. The Bertz CT molecular complexity index is 478. The molecule has 1 heterocycles. The molecule has 1 aromatic carbocycles. The molecule has 0 fully saturated rings. The maximum absolute atomic E-state index is 5.84. The van der Waals surface area contributed by atoms with Gasteiger partial charge in [0, 0.05) is 17.8 Å². The first-order valence-corrected chi connectivity index (χ1v) is 6.02. The lowest BCUT2D eigenvalue weighted by Crippen LogP contribution is -2.06. The van der Waals surface area contributed by atoms with Crippen molar-refractivity contribution in [2.24, 2.45) is 0 Å². The first kappa shape index (κ1) is 11.6. The van der Waals surface area contributed by atoms with Crippen molar-refractivity contribution >= 4 is 27.5 Å². The molecule has 0 unspecified atom stereocenters. The van der Waals surface area contributed by atoms with E-state index in [-0.39, 0.29) is 0 Å². The summed E-state index contributed by atoms with van der Waals surface area (Å²) in [6.45, 7) is 0.737. The highest BCUT2D eigenvalue weighted by molar-refractivity contribution is 9.10. The van der Waals surface area contributed by atoms with E-state index in [1.807, 2.05) is 42.2 Å². The molecule has 0 saturated carbocycles. The van der Waals surface area contributed by atoms with Crippen LogP contribution in [0.4, 0.5) is 0 Å². The van der Waals surface area contributed by atoms with Crippen LogP contribution in [0, 0.1) is 0 Å². The second-order valence-electron chi connectivity index (χ2n) is 3.38. The molecule has 0 radical (unpaired) electrons. The average Bonchev–Trinajstić information content (AvgIpc) is 2.62. The summed E-state index contributed by atoms with van der Waals surface area (Å²) < 4.78 is 2.82. The molecule has 1 aromatic heterocycles. The van der Waals surface area contributed by atoms with Crippen LogP contribution in [0.25, 0.3) is 5.69 Å². The molecular formula is C11H11BrClN3. The van der Waals surface area contributed by atoms with Gasteiger partial charge in [-0.3, -0.25) is 0 Å². The number of nitrogens with one attached hydrogen (secondary N) is 1. The molecule has 2 aromatic rings. The van der Waals surface area contributed by atoms with Crippen molar-refractivity contribution in [2.75, 3.05) is 7.05 Å². The summed E-state index contributed by atoms with van der Waals surface area (Å²) in [5.74, 6) is 0. The van der Waals surface area contributed by atoms with Crippen LogP contribution in [0.1, 0.15) is 5.69 Å². The molecule has 2 rings (SSSR count). The molecule has 5 heteroatoms. The first-order chi connectivity index (χ1) is 7.70. The molecule has 84 valence electrons. The fourth-order valence-electron chi connectivity index (χ4n) is 1.40. The molecule has 0 bridgehead atoms.